The lowest BCUT2D eigenvalue weighted by Gasteiger charge is -2.17. The van der Waals surface area contributed by atoms with Crippen LogP contribution >= 0.6 is 0 Å². The lowest BCUT2D eigenvalue weighted by molar-refractivity contribution is -0.384. The fourth-order valence-corrected chi connectivity index (χ4v) is 1.42. The topological polar surface area (TPSA) is 86.8 Å². The molecule has 0 fully saturated rings. The molecule has 0 aliphatic carbocycles. The van der Waals surface area contributed by atoms with Gasteiger partial charge in [0.2, 0.25) is 0 Å². The van der Waals surface area contributed by atoms with Crippen molar-refractivity contribution in [1.82, 2.24) is 4.90 Å². The molecule has 6 nitrogen and oxygen atoms in total. The molecule has 0 amide bonds. The van der Waals surface area contributed by atoms with Crippen LogP contribution in [0.4, 0.5) is 5.69 Å². The van der Waals surface area contributed by atoms with E-state index >= 15 is 0 Å². The molecular weight excluding hydrogens is 236 g/mol. The molecule has 0 saturated carbocycles. The predicted octanol–water partition coefficient (Wildman–Crippen LogP) is 0.852. The second-order valence-electron chi connectivity index (χ2n) is 3.65. The van der Waals surface area contributed by atoms with Gasteiger partial charge < -0.3 is 15.1 Å². The van der Waals surface area contributed by atoms with Gasteiger partial charge in [-0.15, -0.1) is 0 Å². The molecule has 0 unspecified atom stereocenters. The molecule has 2 N–H and O–H groups in total. The second-order valence-corrected chi connectivity index (χ2v) is 3.65. The Labute approximate surface area is 105 Å². The summed E-state index contributed by atoms with van der Waals surface area (Å²) in [6.07, 6.45) is 3.52. The first-order chi connectivity index (χ1) is 8.67. The van der Waals surface area contributed by atoms with E-state index in [2.05, 4.69) is 0 Å². The van der Waals surface area contributed by atoms with Crippen LogP contribution < -0.4 is 0 Å². The van der Waals surface area contributed by atoms with Crippen molar-refractivity contribution in [3.8, 4) is 0 Å². The van der Waals surface area contributed by atoms with E-state index in [4.69, 9.17) is 10.2 Å². The summed E-state index contributed by atoms with van der Waals surface area (Å²) in [7, 11) is 0. The number of non-ortho nitro benzene ring substituents is 1. The van der Waals surface area contributed by atoms with Crippen LogP contribution in [0.2, 0.25) is 0 Å². The molecule has 0 saturated heterocycles. The maximum absolute atomic E-state index is 10.5. The Hall–Kier alpha value is -1.92. The molecule has 0 aliphatic heterocycles. The normalized spacial score (nSPS) is 10.8. The molecule has 0 bridgehead atoms. The number of hydrogen-bond donors (Lipinski definition) is 2. The van der Waals surface area contributed by atoms with E-state index in [1.54, 1.807) is 29.3 Å². The quantitative estimate of drug-likeness (QED) is 0.555. The number of nitro benzene ring substituents is 1. The van der Waals surface area contributed by atoms with Crippen LogP contribution in [0.25, 0.3) is 6.08 Å². The van der Waals surface area contributed by atoms with Gasteiger partial charge in [0, 0.05) is 25.2 Å². The van der Waals surface area contributed by atoms with E-state index < -0.39 is 4.92 Å². The third-order valence-corrected chi connectivity index (χ3v) is 2.36. The average Bonchev–Trinajstić information content (AvgIpc) is 2.37. The van der Waals surface area contributed by atoms with Crippen molar-refractivity contribution in [2.45, 2.75) is 0 Å². The Morgan fingerprint density at radius 1 is 1.17 bits per heavy atom. The molecule has 6 heteroatoms. The van der Waals surface area contributed by atoms with Crippen LogP contribution in [0.15, 0.2) is 30.5 Å². The lowest BCUT2D eigenvalue weighted by Crippen LogP contribution is -2.24. The van der Waals surface area contributed by atoms with Crippen LogP contribution in [-0.2, 0) is 0 Å². The third kappa shape index (κ3) is 4.52. The number of nitrogens with zero attached hydrogens (tertiary/aromatic N) is 2. The first-order valence-electron chi connectivity index (χ1n) is 5.56. The fraction of sp³-hybridized carbons (Fsp3) is 0.333. The summed E-state index contributed by atoms with van der Waals surface area (Å²) in [6, 6.07) is 6.15. The van der Waals surface area contributed by atoms with Gasteiger partial charge in [0.25, 0.3) is 5.69 Å². The summed E-state index contributed by atoms with van der Waals surface area (Å²) < 4.78 is 0. The standard InChI is InChI=1S/C12H16N2O4/c15-9-7-13(8-10-16)6-5-11-1-3-12(4-2-11)14(17)18/h1-6,15-16H,7-10H2/b6-5+. The fourth-order valence-electron chi connectivity index (χ4n) is 1.42. The van der Waals surface area contributed by atoms with Gasteiger partial charge in [0.05, 0.1) is 18.1 Å². The predicted molar refractivity (Wildman–Crippen MR) is 67.9 cm³/mol. The maximum Gasteiger partial charge on any atom is 0.269 e. The van der Waals surface area contributed by atoms with E-state index in [9.17, 15) is 10.1 Å². The van der Waals surface area contributed by atoms with Crippen molar-refractivity contribution < 1.29 is 15.1 Å². The van der Waals surface area contributed by atoms with Crippen molar-refractivity contribution in [3.63, 3.8) is 0 Å². The molecule has 0 spiro atoms. The number of benzene rings is 1. The minimum Gasteiger partial charge on any atom is -0.395 e. The number of aliphatic hydroxyl groups excluding tert-OH is 2. The summed E-state index contributed by atoms with van der Waals surface area (Å²) in [6.45, 7) is 0.878. The molecule has 0 atom stereocenters. The molecule has 0 aromatic heterocycles. The Morgan fingerprint density at radius 3 is 2.17 bits per heavy atom. The zero-order valence-electron chi connectivity index (χ0n) is 9.90. The summed E-state index contributed by atoms with van der Waals surface area (Å²) in [5, 5.41) is 28.1. The van der Waals surface area contributed by atoms with Gasteiger partial charge in [-0.1, -0.05) is 0 Å². The van der Waals surface area contributed by atoms with E-state index in [0.29, 0.717) is 13.1 Å². The molecule has 1 aromatic rings. The first kappa shape index (κ1) is 14.1. The van der Waals surface area contributed by atoms with Gasteiger partial charge in [0.15, 0.2) is 0 Å². The highest BCUT2D eigenvalue weighted by Gasteiger charge is 2.02. The van der Waals surface area contributed by atoms with Gasteiger partial charge in [0.1, 0.15) is 0 Å². The molecule has 0 radical (unpaired) electrons. The molecule has 98 valence electrons. The monoisotopic (exact) mass is 252 g/mol. The van der Waals surface area contributed by atoms with Crippen LogP contribution in [0.3, 0.4) is 0 Å². The smallest absolute Gasteiger partial charge is 0.269 e. The summed E-state index contributed by atoms with van der Waals surface area (Å²) in [4.78, 5) is 11.8. The van der Waals surface area contributed by atoms with E-state index in [0.717, 1.165) is 5.56 Å². The maximum atomic E-state index is 10.5. The van der Waals surface area contributed by atoms with Crippen LogP contribution in [-0.4, -0.2) is 46.3 Å². The van der Waals surface area contributed by atoms with Crippen molar-refractivity contribution in [3.05, 3.63) is 46.1 Å². The van der Waals surface area contributed by atoms with Crippen molar-refractivity contribution in [2.24, 2.45) is 0 Å². The molecule has 1 rings (SSSR count). The molecule has 18 heavy (non-hydrogen) atoms. The van der Waals surface area contributed by atoms with Gasteiger partial charge in [-0.05, 0) is 30.0 Å². The second kappa shape index (κ2) is 7.41. The minimum absolute atomic E-state index is 0.00456. The Morgan fingerprint density at radius 2 is 1.72 bits per heavy atom. The van der Waals surface area contributed by atoms with E-state index in [-0.39, 0.29) is 18.9 Å². The van der Waals surface area contributed by atoms with E-state index in [1.165, 1.54) is 12.1 Å². The molecule has 0 heterocycles. The van der Waals surface area contributed by atoms with Gasteiger partial charge in [-0.3, -0.25) is 10.1 Å². The average molecular weight is 252 g/mol. The largest absolute Gasteiger partial charge is 0.395 e. The zero-order chi connectivity index (χ0) is 13.4. The zero-order valence-corrected chi connectivity index (χ0v) is 9.90. The minimum atomic E-state index is -0.447. The van der Waals surface area contributed by atoms with Gasteiger partial charge in [-0.25, -0.2) is 0 Å². The van der Waals surface area contributed by atoms with Crippen molar-refractivity contribution >= 4 is 11.8 Å². The Balaban J connectivity index is 2.67. The van der Waals surface area contributed by atoms with Crippen LogP contribution in [0, 0.1) is 10.1 Å². The number of rotatable bonds is 7. The highest BCUT2D eigenvalue weighted by Crippen LogP contribution is 2.13. The third-order valence-electron chi connectivity index (χ3n) is 2.36. The summed E-state index contributed by atoms with van der Waals surface area (Å²) in [5.41, 5.74) is 0.871. The highest BCUT2D eigenvalue weighted by atomic mass is 16.6. The lowest BCUT2D eigenvalue weighted by atomic mass is 10.2. The molecular formula is C12H16N2O4. The van der Waals surface area contributed by atoms with Crippen LogP contribution in [0.5, 0.6) is 0 Å². The Bertz CT molecular complexity index is 397. The highest BCUT2D eigenvalue weighted by molar-refractivity contribution is 5.51. The first-order valence-corrected chi connectivity index (χ1v) is 5.56. The van der Waals surface area contributed by atoms with E-state index in [1.807, 2.05) is 0 Å². The molecule has 0 aliphatic rings. The summed E-state index contributed by atoms with van der Waals surface area (Å²) >= 11 is 0. The SMILES string of the molecule is O=[N+]([O-])c1ccc(/C=C/N(CCO)CCO)cc1. The van der Waals surface area contributed by atoms with Gasteiger partial charge in [-0.2, -0.15) is 0 Å². The Kier molecular flexibility index (Phi) is 5.83. The number of hydrogen-bond acceptors (Lipinski definition) is 5. The number of aliphatic hydroxyl groups is 2. The number of nitro groups is 1. The van der Waals surface area contributed by atoms with Crippen molar-refractivity contribution in [2.75, 3.05) is 26.3 Å². The van der Waals surface area contributed by atoms with Crippen LogP contribution in [0.1, 0.15) is 5.56 Å². The molecule has 1 aromatic carbocycles. The van der Waals surface area contributed by atoms with Gasteiger partial charge >= 0.3 is 0 Å². The summed E-state index contributed by atoms with van der Waals surface area (Å²) in [5.74, 6) is 0. The van der Waals surface area contributed by atoms with Crippen molar-refractivity contribution in [1.29, 1.82) is 0 Å².